The van der Waals surface area contributed by atoms with E-state index < -0.39 is 0 Å². The van der Waals surface area contributed by atoms with Crippen molar-refractivity contribution in [2.45, 2.75) is 25.9 Å². The summed E-state index contributed by atoms with van der Waals surface area (Å²) in [6.07, 6.45) is 8.00. The van der Waals surface area contributed by atoms with Gasteiger partial charge in [-0.3, -0.25) is 14.8 Å². The van der Waals surface area contributed by atoms with Gasteiger partial charge >= 0.3 is 0 Å². The molecule has 0 unspecified atom stereocenters. The zero-order valence-electron chi connectivity index (χ0n) is 16.1. The largest absolute Gasteiger partial charge is 0.368 e. The van der Waals surface area contributed by atoms with Crippen molar-refractivity contribution < 1.29 is 14.1 Å². The lowest BCUT2D eigenvalue weighted by Crippen LogP contribution is -2.42. The van der Waals surface area contributed by atoms with Crippen LogP contribution in [0.15, 0.2) is 47.5 Å². The number of hydrogen-bond donors (Lipinski definition) is 1. The van der Waals surface area contributed by atoms with Crippen LogP contribution in [0.1, 0.15) is 41.4 Å². The lowest BCUT2D eigenvalue weighted by atomic mass is 10.1. The number of hydrogen-bond acceptors (Lipinski definition) is 8. The molecule has 3 aromatic heterocycles. The second-order valence-corrected chi connectivity index (χ2v) is 6.73. The second-order valence-electron chi connectivity index (χ2n) is 6.73. The molecule has 0 aromatic carbocycles. The lowest BCUT2D eigenvalue weighted by molar-refractivity contribution is -0.0250. The Morgan fingerprint density at radius 1 is 1.28 bits per heavy atom. The number of aryl methyl sites for hydroxylation is 1. The smallest absolute Gasteiger partial charge is 0.276 e. The van der Waals surface area contributed by atoms with Crippen LogP contribution >= 0.6 is 0 Å². The fourth-order valence-electron chi connectivity index (χ4n) is 3.13. The highest BCUT2D eigenvalue weighted by molar-refractivity contribution is 5.92. The number of morpholine rings is 1. The number of aromatic nitrogens is 4. The predicted molar refractivity (Wildman–Crippen MR) is 105 cm³/mol. The van der Waals surface area contributed by atoms with Crippen LogP contribution in [0.25, 0.3) is 0 Å². The Morgan fingerprint density at radius 2 is 2.21 bits per heavy atom. The summed E-state index contributed by atoms with van der Waals surface area (Å²) in [5.74, 6) is 1.22. The minimum Gasteiger partial charge on any atom is -0.368 e. The first-order valence-electron chi connectivity index (χ1n) is 9.58. The topological polar surface area (TPSA) is 106 Å². The van der Waals surface area contributed by atoms with Crippen molar-refractivity contribution in [3.05, 3.63) is 60.1 Å². The Bertz CT molecular complexity index is 944. The van der Waals surface area contributed by atoms with E-state index in [2.05, 4.69) is 32.3 Å². The molecule has 1 aliphatic rings. The third kappa shape index (κ3) is 4.57. The minimum absolute atomic E-state index is 0.148. The van der Waals surface area contributed by atoms with E-state index in [4.69, 9.17) is 9.26 Å². The molecule has 1 N–H and O–H groups in total. The van der Waals surface area contributed by atoms with Crippen LogP contribution in [0.2, 0.25) is 0 Å². The van der Waals surface area contributed by atoms with Crippen LogP contribution in [0.5, 0.6) is 0 Å². The fraction of sp³-hybridized carbons (Fsp3) is 0.350. The third-order valence-corrected chi connectivity index (χ3v) is 4.58. The second kappa shape index (κ2) is 8.78. The van der Waals surface area contributed by atoms with Gasteiger partial charge in [-0.05, 0) is 18.6 Å². The number of carbonyl (C=O) groups is 1. The molecule has 1 fully saturated rings. The Morgan fingerprint density at radius 3 is 2.97 bits per heavy atom. The summed E-state index contributed by atoms with van der Waals surface area (Å²) in [6, 6.07) is 5.50. The molecular weight excluding hydrogens is 372 g/mol. The number of pyridine rings is 1. The maximum absolute atomic E-state index is 12.8. The quantitative estimate of drug-likeness (QED) is 0.680. The van der Waals surface area contributed by atoms with Gasteiger partial charge in [-0.25, -0.2) is 4.98 Å². The molecule has 3 aromatic rings. The van der Waals surface area contributed by atoms with Crippen molar-refractivity contribution in [2.24, 2.45) is 0 Å². The first kappa shape index (κ1) is 19.0. The SMILES string of the molecule is CCCc1cc(C(=O)N2CCO[C@H](c3ccc(Nc4cnccn4)cn3)C2)no1. The normalized spacial score (nSPS) is 16.6. The summed E-state index contributed by atoms with van der Waals surface area (Å²) in [7, 11) is 0. The van der Waals surface area contributed by atoms with Crippen LogP contribution in [0.4, 0.5) is 11.5 Å². The van der Waals surface area contributed by atoms with E-state index in [-0.39, 0.29) is 12.0 Å². The van der Waals surface area contributed by atoms with Crippen LogP contribution in [-0.2, 0) is 11.2 Å². The number of nitrogens with zero attached hydrogens (tertiary/aromatic N) is 5. The molecule has 0 aliphatic carbocycles. The molecule has 9 nitrogen and oxygen atoms in total. The minimum atomic E-state index is -0.291. The Balaban J connectivity index is 1.40. The monoisotopic (exact) mass is 394 g/mol. The average Bonchev–Trinajstić information content (AvgIpc) is 3.23. The van der Waals surface area contributed by atoms with E-state index in [0.717, 1.165) is 30.0 Å². The van der Waals surface area contributed by atoms with Gasteiger partial charge in [0, 0.05) is 31.4 Å². The van der Waals surface area contributed by atoms with Gasteiger partial charge in [0.25, 0.3) is 5.91 Å². The molecule has 4 rings (SSSR count). The van der Waals surface area contributed by atoms with Gasteiger partial charge in [-0.1, -0.05) is 12.1 Å². The van der Waals surface area contributed by atoms with Gasteiger partial charge in [-0.2, -0.15) is 0 Å². The van der Waals surface area contributed by atoms with E-state index in [0.29, 0.717) is 31.2 Å². The van der Waals surface area contributed by atoms with Crippen molar-refractivity contribution in [3.8, 4) is 0 Å². The summed E-state index contributed by atoms with van der Waals surface area (Å²) < 4.78 is 11.1. The average molecular weight is 394 g/mol. The number of amides is 1. The number of rotatable bonds is 6. The summed E-state index contributed by atoms with van der Waals surface area (Å²) in [5.41, 5.74) is 1.90. The fourth-order valence-corrected chi connectivity index (χ4v) is 3.13. The van der Waals surface area contributed by atoms with E-state index >= 15 is 0 Å². The Kier molecular flexibility index (Phi) is 5.76. The van der Waals surface area contributed by atoms with Crippen molar-refractivity contribution >= 4 is 17.4 Å². The van der Waals surface area contributed by atoms with Gasteiger partial charge < -0.3 is 19.5 Å². The molecule has 0 saturated carbocycles. The Hall–Kier alpha value is -3.33. The lowest BCUT2D eigenvalue weighted by Gasteiger charge is -2.32. The highest BCUT2D eigenvalue weighted by atomic mass is 16.5. The van der Waals surface area contributed by atoms with E-state index in [1.54, 1.807) is 35.8 Å². The van der Waals surface area contributed by atoms with E-state index in [9.17, 15) is 4.79 Å². The van der Waals surface area contributed by atoms with Gasteiger partial charge in [0.2, 0.25) is 0 Å². The number of nitrogens with one attached hydrogen (secondary N) is 1. The first-order chi connectivity index (χ1) is 14.2. The van der Waals surface area contributed by atoms with Crippen molar-refractivity contribution in [1.29, 1.82) is 0 Å². The molecule has 150 valence electrons. The molecule has 0 bridgehead atoms. The molecule has 1 atom stereocenters. The highest BCUT2D eigenvalue weighted by Gasteiger charge is 2.28. The highest BCUT2D eigenvalue weighted by Crippen LogP contribution is 2.23. The van der Waals surface area contributed by atoms with Gasteiger partial charge in [0.1, 0.15) is 17.7 Å². The zero-order valence-corrected chi connectivity index (χ0v) is 16.1. The van der Waals surface area contributed by atoms with Crippen LogP contribution in [0.3, 0.4) is 0 Å². The van der Waals surface area contributed by atoms with Crippen LogP contribution in [-0.4, -0.2) is 50.6 Å². The summed E-state index contributed by atoms with van der Waals surface area (Å²) in [6.45, 7) is 3.42. The van der Waals surface area contributed by atoms with Crippen molar-refractivity contribution in [2.75, 3.05) is 25.0 Å². The molecular formula is C20H22N6O3. The number of anilines is 2. The Labute approximate surface area is 168 Å². The molecule has 9 heteroatoms. The van der Waals surface area contributed by atoms with Gasteiger partial charge in [-0.15, -0.1) is 0 Å². The van der Waals surface area contributed by atoms with Gasteiger partial charge in [0.05, 0.1) is 36.9 Å². The molecule has 1 amide bonds. The molecule has 1 aliphatic heterocycles. The third-order valence-electron chi connectivity index (χ3n) is 4.58. The maximum Gasteiger partial charge on any atom is 0.276 e. The van der Waals surface area contributed by atoms with E-state index in [1.807, 2.05) is 12.1 Å². The molecule has 0 radical (unpaired) electrons. The summed E-state index contributed by atoms with van der Waals surface area (Å²) in [4.78, 5) is 27.2. The summed E-state index contributed by atoms with van der Waals surface area (Å²) in [5, 5.41) is 7.05. The first-order valence-corrected chi connectivity index (χ1v) is 9.58. The predicted octanol–water partition coefficient (Wildman–Crippen LogP) is 2.77. The van der Waals surface area contributed by atoms with Gasteiger partial charge in [0.15, 0.2) is 5.69 Å². The molecule has 4 heterocycles. The maximum atomic E-state index is 12.8. The molecule has 29 heavy (non-hydrogen) atoms. The van der Waals surface area contributed by atoms with Crippen LogP contribution < -0.4 is 5.32 Å². The molecule has 1 saturated heterocycles. The summed E-state index contributed by atoms with van der Waals surface area (Å²) >= 11 is 0. The van der Waals surface area contributed by atoms with Crippen molar-refractivity contribution in [1.82, 2.24) is 25.0 Å². The molecule has 0 spiro atoms. The number of carbonyl (C=O) groups excluding carboxylic acids is 1. The van der Waals surface area contributed by atoms with E-state index in [1.165, 1.54) is 0 Å². The zero-order chi connectivity index (χ0) is 20.1. The standard InChI is InChI=1S/C20H22N6O3/c1-2-3-15-10-17(25-29-15)20(27)26-8-9-28-18(13-26)16-5-4-14(11-23-16)24-19-12-21-6-7-22-19/h4-7,10-12,18H,2-3,8-9,13H2,1H3,(H,22,24)/t18-/m0/s1. The number of ether oxygens (including phenoxy) is 1. The van der Waals surface area contributed by atoms with Crippen LogP contribution in [0, 0.1) is 0 Å². The van der Waals surface area contributed by atoms with Crippen molar-refractivity contribution in [3.63, 3.8) is 0 Å².